The number of nitrogens with zero attached hydrogens (tertiary/aromatic N) is 2. The van der Waals surface area contributed by atoms with Crippen molar-refractivity contribution >= 4 is 21.7 Å². The van der Waals surface area contributed by atoms with Crippen molar-refractivity contribution in [2.24, 2.45) is 0 Å². The second-order valence-corrected chi connectivity index (χ2v) is 10.1. The van der Waals surface area contributed by atoms with Crippen LogP contribution < -0.4 is 9.08 Å². The molecule has 1 aliphatic heterocycles. The molecule has 0 spiro atoms. The highest BCUT2D eigenvalue weighted by Crippen LogP contribution is 2.29. The van der Waals surface area contributed by atoms with Gasteiger partial charge in [-0.25, -0.2) is 4.39 Å². The maximum atomic E-state index is 14.4. The number of benzene rings is 2. The van der Waals surface area contributed by atoms with E-state index in [1.807, 2.05) is 19.9 Å². The van der Waals surface area contributed by atoms with E-state index in [2.05, 4.69) is 4.90 Å². The Bertz CT molecular complexity index is 1080. The van der Waals surface area contributed by atoms with Gasteiger partial charge in [-0.05, 0) is 51.8 Å². The van der Waals surface area contributed by atoms with E-state index in [1.54, 1.807) is 18.2 Å². The Balaban J connectivity index is 1.99. The number of amides is 1. The third-order valence-corrected chi connectivity index (χ3v) is 7.09. The number of carbonyl (C=O) groups is 1. The summed E-state index contributed by atoms with van der Waals surface area (Å²) in [4.78, 5) is 16.9. The zero-order valence-corrected chi connectivity index (χ0v) is 20.8. The molecule has 0 saturated carbocycles. The average molecular weight is 493 g/mol. The van der Waals surface area contributed by atoms with Gasteiger partial charge in [0.15, 0.2) is 0 Å². The second-order valence-electron chi connectivity index (χ2n) is 8.19. The van der Waals surface area contributed by atoms with Crippen molar-refractivity contribution in [2.45, 2.75) is 46.3 Å². The molecule has 0 bridgehead atoms. The fraction of sp³-hybridized carbons (Fsp3) is 0.480. The summed E-state index contributed by atoms with van der Waals surface area (Å²) in [5.41, 5.74) is 1.31. The number of hydrogen-bond acceptors (Lipinski definition) is 6. The molecule has 3 rings (SSSR count). The molecule has 186 valence electrons. The van der Waals surface area contributed by atoms with Crippen LogP contribution in [0.5, 0.6) is 5.75 Å². The summed E-state index contributed by atoms with van der Waals surface area (Å²) in [6, 6.07) is 11.2. The van der Waals surface area contributed by atoms with Crippen molar-refractivity contribution in [3.05, 3.63) is 59.4 Å². The van der Waals surface area contributed by atoms with Crippen LogP contribution in [-0.4, -0.2) is 57.3 Å². The predicted molar refractivity (Wildman–Crippen MR) is 130 cm³/mol. The number of halogens is 1. The van der Waals surface area contributed by atoms with Gasteiger partial charge in [0.1, 0.15) is 11.6 Å². The van der Waals surface area contributed by atoms with Gasteiger partial charge in [-0.1, -0.05) is 18.2 Å². The van der Waals surface area contributed by atoms with Gasteiger partial charge in [0, 0.05) is 50.1 Å². The maximum absolute atomic E-state index is 14.4. The first kappa shape index (κ1) is 26.0. The zero-order valence-electron chi connectivity index (χ0n) is 20.0. The Morgan fingerprint density at radius 2 is 1.88 bits per heavy atom. The normalized spacial score (nSPS) is 15.8. The van der Waals surface area contributed by atoms with Crippen molar-refractivity contribution in [2.75, 3.05) is 36.9 Å². The van der Waals surface area contributed by atoms with Crippen LogP contribution in [0, 0.1) is 5.82 Å². The minimum Gasteiger partial charge on any atom is -0.382 e. The van der Waals surface area contributed by atoms with Gasteiger partial charge in [0.25, 0.3) is 5.91 Å². The van der Waals surface area contributed by atoms with Gasteiger partial charge >= 0.3 is 10.1 Å². The number of carbonyl (C=O) groups excluding carboxylic acids is 1. The average Bonchev–Trinajstić information content (AvgIpc) is 3.34. The van der Waals surface area contributed by atoms with Crippen LogP contribution in [-0.2, 0) is 21.4 Å². The largest absolute Gasteiger partial charge is 0.382 e. The highest BCUT2D eigenvalue weighted by atomic mass is 32.2. The van der Waals surface area contributed by atoms with E-state index < -0.39 is 21.8 Å². The summed E-state index contributed by atoms with van der Waals surface area (Å²) in [5, 5.41) is 0. The lowest BCUT2D eigenvalue weighted by Crippen LogP contribution is -2.37. The molecule has 1 fully saturated rings. The third-order valence-electron chi connectivity index (χ3n) is 5.95. The van der Waals surface area contributed by atoms with Gasteiger partial charge in [0.05, 0.1) is 17.4 Å². The Labute approximate surface area is 201 Å². The van der Waals surface area contributed by atoms with Crippen LogP contribution in [0.25, 0.3) is 0 Å². The van der Waals surface area contributed by atoms with E-state index in [1.165, 1.54) is 30.0 Å². The van der Waals surface area contributed by atoms with Crippen LogP contribution in [0.1, 0.15) is 49.5 Å². The molecule has 34 heavy (non-hydrogen) atoms. The molecule has 1 saturated heterocycles. The summed E-state index contributed by atoms with van der Waals surface area (Å²) < 4.78 is 50.2. The molecule has 0 unspecified atom stereocenters. The van der Waals surface area contributed by atoms with Gasteiger partial charge in [-0.2, -0.15) is 8.42 Å². The van der Waals surface area contributed by atoms with Gasteiger partial charge in [-0.15, -0.1) is 0 Å². The van der Waals surface area contributed by atoms with Crippen LogP contribution in [0.15, 0.2) is 42.5 Å². The lowest BCUT2D eigenvalue weighted by Gasteiger charge is -2.27. The Morgan fingerprint density at radius 3 is 2.50 bits per heavy atom. The number of hydrogen-bond donors (Lipinski definition) is 0. The Hall–Kier alpha value is -2.65. The summed E-state index contributed by atoms with van der Waals surface area (Å²) in [6.07, 6.45) is 1.54. The molecule has 0 N–H and O–H groups in total. The Kier molecular flexibility index (Phi) is 8.90. The minimum absolute atomic E-state index is 0.0380. The molecular weight excluding hydrogens is 459 g/mol. The third kappa shape index (κ3) is 6.48. The summed E-state index contributed by atoms with van der Waals surface area (Å²) in [6.45, 7) is 7.96. The summed E-state index contributed by atoms with van der Waals surface area (Å²) in [7, 11) is -3.79. The van der Waals surface area contributed by atoms with E-state index >= 15 is 0 Å². The topological polar surface area (TPSA) is 76.2 Å². The fourth-order valence-electron chi connectivity index (χ4n) is 4.00. The predicted octanol–water partition coefficient (Wildman–Crippen LogP) is 4.22. The van der Waals surface area contributed by atoms with Crippen molar-refractivity contribution < 1.29 is 26.5 Å². The standard InChI is InChI=1S/C25H33FN2O5S/c1-4-27(5-2)20-14-13-19(24(16-20)33-34(30,31)6-3)17-28(18-21-10-9-15-32-21)25(29)22-11-7-8-12-23(22)26/h7-8,11-14,16,21H,4-6,9-10,15,17-18H2,1-3H3/t21-/m1/s1. The van der Waals surface area contributed by atoms with E-state index in [-0.39, 0.29) is 36.3 Å². The van der Waals surface area contributed by atoms with Gasteiger partial charge in [0.2, 0.25) is 0 Å². The highest BCUT2D eigenvalue weighted by molar-refractivity contribution is 7.87. The molecule has 7 nitrogen and oxygen atoms in total. The second kappa shape index (κ2) is 11.7. The van der Waals surface area contributed by atoms with Crippen molar-refractivity contribution in [3.8, 4) is 5.75 Å². The van der Waals surface area contributed by atoms with E-state index in [0.717, 1.165) is 31.6 Å². The number of anilines is 1. The first-order valence-corrected chi connectivity index (χ1v) is 13.3. The SMILES string of the molecule is CCN(CC)c1ccc(CN(C[C@H]2CCCO2)C(=O)c2ccccc2F)c(OS(=O)(=O)CC)c1. The molecule has 1 amide bonds. The fourth-order valence-corrected chi connectivity index (χ4v) is 4.54. The minimum atomic E-state index is -3.79. The Morgan fingerprint density at radius 1 is 1.15 bits per heavy atom. The van der Waals surface area contributed by atoms with Crippen LogP contribution in [0.2, 0.25) is 0 Å². The molecule has 9 heteroatoms. The quantitative estimate of drug-likeness (QED) is 0.437. The lowest BCUT2D eigenvalue weighted by atomic mass is 10.1. The van der Waals surface area contributed by atoms with Crippen molar-refractivity contribution in [1.82, 2.24) is 4.90 Å². The molecule has 2 aromatic carbocycles. The molecule has 0 aliphatic carbocycles. The van der Waals surface area contributed by atoms with Crippen molar-refractivity contribution in [3.63, 3.8) is 0 Å². The zero-order chi connectivity index (χ0) is 24.7. The molecule has 0 aromatic heterocycles. The highest BCUT2D eigenvalue weighted by Gasteiger charge is 2.27. The first-order chi connectivity index (χ1) is 16.3. The number of rotatable bonds is 11. The summed E-state index contributed by atoms with van der Waals surface area (Å²) in [5.74, 6) is -1.10. The van der Waals surface area contributed by atoms with Crippen LogP contribution in [0.4, 0.5) is 10.1 Å². The molecule has 1 aliphatic rings. The van der Waals surface area contributed by atoms with E-state index in [0.29, 0.717) is 12.2 Å². The molecule has 0 radical (unpaired) electrons. The van der Waals surface area contributed by atoms with Gasteiger partial charge < -0.3 is 18.7 Å². The lowest BCUT2D eigenvalue weighted by molar-refractivity contribution is 0.0503. The molecule has 2 aromatic rings. The molecule has 1 atom stereocenters. The van der Waals surface area contributed by atoms with E-state index in [4.69, 9.17) is 8.92 Å². The van der Waals surface area contributed by atoms with E-state index in [9.17, 15) is 17.6 Å². The van der Waals surface area contributed by atoms with Crippen LogP contribution in [0.3, 0.4) is 0 Å². The van der Waals surface area contributed by atoms with Gasteiger partial charge in [-0.3, -0.25) is 4.79 Å². The smallest absolute Gasteiger partial charge is 0.308 e. The van der Waals surface area contributed by atoms with Crippen LogP contribution >= 0.6 is 0 Å². The maximum Gasteiger partial charge on any atom is 0.308 e. The molecule has 1 heterocycles. The first-order valence-electron chi connectivity index (χ1n) is 11.7. The number of ether oxygens (including phenoxy) is 1. The monoisotopic (exact) mass is 492 g/mol. The van der Waals surface area contributed by atoms with Crippen molar-refractivity contribution in [1.29, 1.82) is 0 Å². The molecular formula is C25H33FN2O5S. The summed E-state index contributed by atoms with van der Waals surface area (Å²) >= 11 is 0.